The molecule has 7 nitrogen and oxygen atoms in total. The molecule has 0 spiro atoms. The number of aryl methyl sites for hydroxylation is 1. The summed E-state index contributed by atoms with van der Waals surface area (Å²) in [6.45, 7) is 2.37. The van der Waals surface area contributed by atoms with E-state index in [1.807, 2.05) is 0 Å². The minimum Gasteiger partial charge on any atom is -0.353 e. The molecule has 4 N–H and O–H groups in total. The van der Waals surface area contributed by atoms with Crippen LogP contribution in [0.1, 0.15) is 37.4 Å². The Morgan fingerprint density at radius 2 is 2.28 bits per heavy atom. The maximum atomic E-state index is 5.44. The zero-order valence-corrected chi connectivity index (χ0v) is 10.6. The van der Waals surface area contributed by atoms with Gasteiger partial charge in [0.05, 0.1) is 6.54 Å². The Hall–Kier alpha value is -1.63. The molecule has 1 fully saturated rings. The van der Waals surface area contributed by atoms with Crippen molar-refractivity contribution in [3.8, 4) is 0 Å². The first-order valence-electron chi connectivity index (χ1n) is 6.34. The molecule has 1 aliphatic rings. The van der Waals surface area contributed by atoms with Crippen molar-refractivity contribution in [3.05, 3.63) is 11.7 Å². The summed E-state index contributed by atoms with van der Waals surface area (Å²) in [6.07, 6.45) is 5.54. The molecule has 0 amide bonds. The van der Waals surface area contributed by atoms with Gasteiger partial charge in [0.2, 0.25) is 11.9 Å². The second-order valence-electron chi connectivity index (χ2n) is 4.49. The van der Waals surface area contributed by atoms with Crippen LogP contribution in [0.5, 0.6) is 0 Å². The average molecular weight is 252 g/mol. The van der Waals surface area contributed by atoms with E-state index in [9.17, 15) is 0 Å². The molecule has 0 saturated heterocycles. The number of aliphatic imine (C=N–C) groups is 1. The summed E-state index contributed by atoms with van der Waals surface area (Å²) in [4.78, 5) is 8.47. The Balaban J connectivity index is 1.78. The zero-order valence-electron chi connectivity index (χ0n) is 10.6. The Morgan fingerprint density at radius 3 is 2.89 bits per heavy atom. The summed E-state index contributed by atoms with van der Waals surface area (Å²) >= 11 is 0. The van der Waals surface area contributed by atoms with Gasteiger partial charge in [0, 0.05) is 12.5 Å². The first-order chi connectivity index (χ1) is 8.78. The van der Waals surface area contributed by atoms with Crippen LogP contribution in [0.25, 0.3) is 0 Å². The first-order valence-corrected chi connectivity index (χ1v) is 6.34. The summed E-state index contributed by atoms with van der Waals surface area (Å²) < 4.78 is 5.01. The van der Waals surface area contributed by atoms with Gasteiger partial charge in [-0.05, 0) is 19.8 Å². The third-order valence-electron chi connectivity index (χ3n) is 3.00. The van der Waals surface area contributed by atoms with Crippen molar-refractivity contribution in [2.75, 3.05) is 6.54 Å². The van der Waals surface area contributed by atoms with Gasteiger partial charge in [0.1, 0.15) is 0 Å². The van der Waals surface area contributed by atoms with Crippen molar-refractivity contribution in [1.29, 1.82) is 0 Å². The molecule has 0 radical (unpaired) electrons. The molecule has 0 aromatic carbocycles. The van der Waals surface area contributed by atoms with Gasteiger partial charge >= 0.3 is 0 Å². The number of rotatable bonds is 4. The molecule has 7 heteroatoms. The number of nitrogens with one attached hydrogen (secondary N) is 2. The van der Waals surface area contributed by atoms with E-state index in [0.717, 1.165) is 0 Å². The van der Waals surface area contributed by atoms with Crippen molar-refractivity contribution < 1.29 is 4.52 Å². The van der Waals surface area contributed by atoms with Gasteiger partial charge in [-0.2, -0.15) is 4.98 Å². The lowest BCUT2D eigenvalue weighted by Crippen LogP contribution is -2.45. The van der Waals surface area contributed by atoms with Crippen LogP contribution in [0.4, 0.5) is 0 Å². The highest BCUT2D eigenvalue weighted by atomic mass is 16.5. The third kappa shape index (κ3) is 3.69. The van der Waals surface area contributed by atoms with Crippen LogP contribution in [-0.4, -0.2) is 28.7 Å². The topological polar surface area (TPSA) is 101 Å². The second-order valence-corrected chi connectivity index (χ2v) is 4.49. The summed E-state index contributed by atoms with van der Waals surface area (Å²) in [5.74, 6) is 7.33. The molecule has 0 atom stereocenters. The molecule has 2 rings (SSSR count). The third-order valence-corrected chi connectivity index (χ3v) is 3.00. The van der Waals surface area contributed by atoms with Crippen LogP contribution < -0.4 is 16.6 Å². The minimum atomic E-state index is 0.491. The molecular weight excluding hydrogens is 232 g/mol. The van der Waals surface area contributed by atoms with Gasteiger partial charge in [-0.3, -0.25) is 10.4 Å². The monoisotopic (exact) mass is 252 g/mol. The standard InChI is InChI=1S/C11H20N6O/c1-8-14-10(18-17-8)6-7-13-11(16-12)15-9-4-2-3-5-9/h9H,2-7,12H2,1H3,(H2,13,15,16). The molecule has 1 aromatic rings. The lowest BCUT2D eigenvalue weighted by atomic mass is 10.2. The Labute approximate surface area is 106 Å². The number of hydrogen-bond donors (Lipinski definition) is 3. The molecule has 100 valence electrons. The largest absolute Gasteiger partial charge is 0.353 e. The summed E-state index contributed by atoms with van der Waals surface area (Å²) in [6, 6.07) is 0.491. The summed E-state index contributed by atoms with van der Waals surface area (Å²) in [5.41, 5.74) is 2.59. The van der Waals surface area contributed by atoms with Crippen molar-refractivity contribution in [3.63, 3.8) is 0 Å². The van der Waals surface area contributed by atoms with Crippen LogP contribution in [0, 0.1) is 6.92 Å². The maximum Gasteiger partial charge on any atom is 0.228 e. The first kappa shape index (κ1) is 12.8. The number of nitrogens with two attached hydrogens (primary N) is 1. The molecule has 1 aliphatic carbocycles. The fourth-order valence-corrected chi connectivity index (χ4v) is 2.10. The number of guanidine groups is 1. The Morgan fingerprint density at radius 1 is 1.50 bits per heavy atom. The van der Waals surface area contributed by atoms with Crippen LogP contribution >= 0.6 is 0 Å². The zero-order chi connectivity index (χ0) is 12.8. The van der Waals surface area contributed by atoms with E-state index in [2.05, 4.69) is 25.9 Å². The fourth-order valence-electron chi connectivity index (χ4n) is 2.10. The molecule has 0 bridgehead atoms. The Kier molecular flexibility index (Phi) is 4.52. The molecule has 1 heterocycles. The van der Waals surface area contributed by atoms with E-state index < -0.39 is 0 Å². The van der Waals surface area contributed by atoms with Gasteiger partial charge in [-0.1, -0.05) is 18.0 Å². The van der Waals surface area contributed by atoms with Gasteiger partial charge in [0.15, 0.2) is 5.82 Å². The average Bonchev–Trinajstić information content (AvgIpc) is 3.00. The van der Waals surface area contributed by atoms with Gasteiger partial charge in [0.25, 0.3) is 0 Å². The van der Waals surface area contributed by atoms with Crippen molar-refractivity contribution >= 4 is 5.96 Å². The van der Waals surface area contributed by atoms with Gasteiger partial charge < -0.3 is 9.84 Å². The lowest BCUT2D eigenvalue weighted by molar-refractivity contribution is 0.376. The number of nitrogens with zero attached hydrogens (tertiary/aromatic N) is 3. The maximum absolute atomic E-state index is 5.44. The second kappa shape index (κ2) is 6.34. The predicted octanol–water partition coefficient (Wildman–Crippen LogP) is 0.272. The molecular formula is C11H20N6O. The predicted molar refractivity (Wildman–Crippen MR) is 67.8 cm³/mol. The highest BCUT2D eigenvalue weighted by molar-refractivity contribution is 5.79. The van der Waals surface area contributed by atoms with Gasteiger partial charge in [-0.15, -0.1) is 0 Å². The van der Waals surface area contributed by atoms with Crippen LogP contribution in [0.3, 0.4) is 0 Å². The molecule has 1 aromatic heterocycles. The quantitative estimate of drug-likeness (QED) is 0.308. The van der Waals surface area contributed by atoms with Crippen molar-refractivity contribution in [1.82, 2.24) is 20.9 Å². The van der Waals surface area contributed by atoms with Gasteiger partial charge in [-0.25, -0.2) is 5.84 Å². The van der Waals surface area contributed by atoms with E-state index in [-0.39, 0.29) is 0 Å². The number of aromatic nitrogens is 2. The SMILES string of the molecule is Cc1noc(CCN=C(NN)NC2CCCC2)n1. The van der Waals surface area contributed by atoms with E-state index in [0.29, 0.717) is 36.7 Å². The normalized spacial score (nSPS) is 17.1. The van der Waals surface area contributed by atoms with E-state index in [1.165, 1.54) is 25.7 Å². The van der Waals surface area contributed by atoms with E-state index in [1.54, 1.807) is 6.92 Å². The van der Waals surface area contributed by atoms with Crippen molar-refractivity contribution in [2.45, 2.75) is 45.1 Å². The van der Waals surface area contributed by atoms with Crippen LogP contribution in [-0.2, 0) is 6.42 Å². The molecule has 0 unspecified atom stereocenters. The molecule has 18 heavy (non-hydrogen) atoms. The highest BCUT2D eigenvalue weighted by Gasteiger charge is 2.15. The van der Waals surface area contributed by atoms with E-state index in [4.69, 9.17) is 10.4 Å². The van der Waals surface area contributed by atoms with E-state index >= 15 is 0 Å². The fraction of sp³-hybridized carbons (Fsp3) is 0.727. The molecule has 1 saturated carbocycles. The Bertz CT molecular complexity index is 396. The molecule has 0 aliphatic heterocycles. The highest BCUT2D eigenvalue weighted by Crippen LogP contribution is 2.17. The lowest BCUT2D eigenvalue weighted by Gasteiger charge is -2.14. The smallest absolute Gasteiger partial charge is 0.228 e. The number of hydrazine groups is 1. The minimum absolute atomic E-state index is 0.491. The van der Waals surface area contributed by atoms with Crippen LogP contribution in [0.2, 0.25) is 0 Å². The summed E-state index contributed by atoms with van der Waals surface area (Å²) in [5, 5.41) is 7.03. The van der Waals surface area contributed by atoms with Crippen LogP contribution in [0.15, 0.2) is 9.52 Å². The van der Waals surface area contributed by atoms with Crippen molar-refractivity contribution in [2.24, 2.45) is 10.8 Å². The summed E-state index contributed by atoms with van der Waals surface area (Å²) in [7, 11) is 0. The number of hydrogen-bond acceptors (Lipinski definition) is 5.